The number of carbonyl (C=O) groups excluding carboxylic acids is 1. The van der Waals surface area contributed by atoms with Crippen molar-refractivity contribution in [3.8, 4) is 0 Å². The Labute approximate surface area is 84.9 Å². The zero-order valence-electron chi connectivity index (χ0n) is 9.08. The van der Waals surface area contributed by atoms with Gasteiger partial charge in [-0.2, -0.15) is 0 Å². The molecule has 5 nitrogen and oxygen atoms in total. The van der Waals surface area contributed by atoms with Crippen LogP contribution in [0.1, 0.15) is 13.3 Å². The number of nitrogens with two attached hydrogens (primary N) is 1. The number of methoxy groups -OCH3 is 2. The summed E-state index contributed by atoms with van der Waals surface area (Å²) in [5, 5.41) is 3.03. The zero-order valence-corrected chi connectivity index (χ0v) is 9.08. The van der Waals surface area contributed by atoms with Gasteiger partial charge in [-0.05, 0) is 6.42 Å². The van der Waals surface area contributed by atoms with Gasteiger partial charge in [-0.3, -0.25) is 4.79 Å². The van der Waals surface area contributed by atoms with Crippen LogP contribution in [-0.2, 0) is 14.3 Å². The minimum Gasteiger partial charge on any atom is -0.382 e. The van der Waals surface area contributed by atoms with Crippen LogP contribution in [0.25, 0.3) is 0 Å². The summed E-state index contributed by atoms with van der Waals surface area (Å²) < 4.78 is 10.1. The van der Waals surface area contributed by atoms with Crippen molar-refractivity contribution >= 4 is 5.91 Å². The molecule has 2 unspecified atom stereocenters. The lowest BCUT2D eigenvalue weighted by Gasteiger charge is -2.18. The Morgan fingerprint density at radius 1 is 1.50 bits per heavy atom. The largest absolute Gasteiger partial charge is 0.382 e. The average Bonchev–Trinajstić information content (AvgIpc) is 2.16. The highest BCUT2D eigenvalue weighted by Crippen LogP contribution is 1.93. The molecule has 0 aliphatic heterocycles. The third kappa shape index (κ3) is 5.16. The van der Waals surface area contributed by atoms with Crippen LogP contribution in [0.2, 0.25) is 0 Å². The molecule has 84 valence electrons. The topological polar surface area (TPSA) is 73.6 Å². The highest BCUT2D eigenvalue weighted by atomic mass is 16.5. The van der Waals surface area contributed by atoms with Crippen LogP contribution < -0.4 is 11.1 Å². The van der Waals surface area contributed by atoms with Crippen molar-refractivity contribution in [3.05, 3.63) is 0 Å². The Bertz CT molecular complexity index is 164. The van der Waals surface area contributed by atoms with Crippen LogP contribution in [0, 0.1) is 0 Å². The van der Waals surface area contributed by atoms with Crippen molar-refractivity contribution in [1.82, 2.24) is 5.32 Å². The molecule has 0 fully saturated rings. The van der Waals surface area contributed by atoms with E-state index in [4.69, 9.17) is 15.2 Å². The first kappa shape index (κ1) is 13.4. The molecule has 0 aromatic rings. The fourth-order valence-electron chi connectivity index (χ4n) is 1.12. The van der Waals surface area contributed by atoms with Gasteiger partial charge in [-0.15, -0.1) is 0 Å². The lowest BCUT2D eigenvalue weighted by Crippen LogP contribution is -2.45. The first-order chi connectivity index (χ1) is 6.65. The van der Waals surface area contributed by atoms with Gasteiger partial charge in [-0.25, -0.2) is 0 Å². The predicted molar refractivity (Wildman–Crippen MR) is 53.9 cm³/mol. The quantitative estimate of drug-likeness (QED) is 0.559. The number of carbonyl (C=O) groups is 1. The van der Waals surface area contributed by atoms with E-state index in [1.54, 1.807) is 14.2 Å². The lowest BCUT2D eigenvalue weighted by atomic mass is 10.2. The number of rotatable bonds is 8. The maximum atomic E-state index is 10.9. The Hall–Kier alpha value is -0.650. The van der Waals surface area contributed by atoms with Crippen molar-refractivity contribution < 1.29 is 14.3 Å². The van der Waals surface area contributed by atoms with E-state index in [2.05, 4.69) is 5.32 Å². The molecule has 0 spiro atoms. The molecule has 0 heterocycles. The lowest BCUT2D eigenvalue weighted by molar-refractivity contribution is -0.120. The van der Waals surface area contributed by atoms with Crippen LogP contribution >= 0.6 is 0 Å². The maximum Gasteiger partial charge on any atom is 0.234 e. The molecule has 3 N–H and O–H groups in total. The van der Waals surface area contributed by atoms with Crippen LogP contribution in [0.3, 0.4) is 0 Å². The Balaban J connectivity index is 3.81. The van der Waals surface area contributed by atoms with Gasteiger partial charge in [0.1, 0.15) is 0 Å². The molecule has 0 rings (SSSR count). The Morgan fingerprint density at radius 3 is 2.50 bits per heavy atom. The van der Waals surface area contributed by atoms with Gasteiger partial charge >= 0.3 is 0 Å². The predicted octanol–water partition coefficient (Wildman–Crippen LogP) is -0.499. The number of amides is 1. The first-order valence-corrected chi connectivity index (χ1v) is 4.70. The summed E-state index contributed by atoms with van der Waals surface area (Å²) in [6.07, 6.45) is 0.632. The van der Waals surface area contributed by atoms with Gasteiger partial charge < -0.3 is 20.5 Å². The molecule has 1 amide bonds. The molecule has 0 aliphatic rings. The monoisotopic (exact) mass is 204 g/mol. The molecule has 0 bridgehead atoms. The number of hydrogen-bond donors (Lipinski definition) is 2. The minimum atomic E-state index is -0.334. The fraction of sp³-hybridized carbons (Fsp3) is 0.889. The summed E-state index contributed by atoms with van der Waals surface area (Å²) in [6.45, 7) is 2.96. The van der Waals surface area contributed by atoms with E-state index < -0.39 is 0 Å². The second-order valence-electron chi connectivity index (χ2n) is 3.08. The fourth-order valence-corrected chi connectivity index (χ4v) is 1.12. The molecule has 14 heavy (non-hydrogen) atoms. The standard InChI is InChI=1S/C9H20N2O3/c1-4-8(9(10)12)11-5-7(14-3)6-13-2/h7-8,11H,4-6H2,1-3H3,(H2,10,12). The maximum absolute atomic E-state index is 10.9. The van der Waals surface area contributed by atoms with Crippen LogP contribution in [0.4, 0.5) is 0 Å². The van der Waals surface area contributed by atoms with E-state index in [0.29, 0.717) is 19.6 Å². The van der Waals surface area contributed by atoms with Gasteiger partial charge in [0.15, 0.2) is 0 Å². The van der Waals surface area contributed by atoms with Crippen molar-refractivity contribution in [2.45, 2.75) is 25.5 Å². The molecule has 0 aromatic carbocycles. The van der Waals surface area contributed by atoms with E-state index in [1.807, 2.05) is 6.92 Å². The van der Waals surface area contributed by atoms with E-state index in [-0.39, 0.29) is 18.1 Å². The SMILES string of the molecule is CCC(NCC(COC)OC)C(N)=O. The number of primary amides is 1. The van der Waals surface area contributed by atoms with Crippen molar-refractivity contribution in [2.75, 3.05) is 27.4 Å². The van der Waals surface area contributed by atoms with E-state index in [0.717, 1.165) is 0 Å². The van der Waals surface area contributed by atoms with Gasteiger partial charge in [-0.1, -0.05) is 6.92 Å². The summed E-state index contributed by atoms with van der Waals surface area (Å²) >= 11 is 0. The number of hydrogen-bond acceptors (Lipinski definition) is 4. The first-order valence-electron chi connectivity index (χ1n) is 4.70. The molecular formula is C9H20N2O3. The van der Waals surface area contributed by atoms with E-state index in [9.17, 15) is 4.79 Å². The summed E-state index contributed by atoms with van der Waals surface area (Å²) in [5.74, 6) is -0.334. The summed E-state index contributed by atoms with van der Waals surface area (Å²) in [7, 11) is 3.22. The third-order valence-corrected chi connectivity index (χ3v) is 2.03. The summed E-state index contributed by atoms with van der Waals surface area (Å²) in [6, 6.07) is -0.287. The number of nitrogens with one attached hydrogen (secondary N) is 1. The van der Waals surface area contributed by atoms with Gasteiger partial charge in [0.25, 0.3) is 0 Å². The second-order valence-corrected chi connectivity index (χ2v) is 3.08. The Morgan fingerprint density at radius 2 is 2.14 bits per heavy atom. The average molecular weight is 204 g/mol. The van der Waals surface area contributed by atoms with Crippen LogP contribution in [0.5, 0.6) is 0 Å². The third-order valence-electron chi connectivity index (χ3n) is 2.03. The molecule has 0 saturated carbocycles. The molecule has 0 saturated heterocycles. The molecule has 0 aromatic heterocycles. The van der Waals surface area contributed by atoms with E-state index in [1.165, 1.54) is 0 Å². The zero-order chi connectivity index (χ0) is 11.0. The van der Waals surface area contributed by atoms with Gasteiger partial charge in [0.2, 0.25) is 5.91 Å². The van der Waals surface area contributed by atoms with E-state index >= 15 is 0 Å². The molecule has 2 atom stereocenters. The molecule has 0 aliphatic carbocycles. The second kappa shape index (κ2) is 7.73. The molecule has 0 radical (unpaired) electrons. The highest BCUT2D eigenvalue weighted by Gasteiger charge is 2.14. The number of ether oxygens (including phenoxy) is 2. The van der Waals surface area contributed by atoms with Crippen LogP contribution in [-0.4, -0.2) is 45.4 Å². The van der Waals surface area contributed by atoms with Gasteiger partial charge in [0.05, 0.1) is 18.8 Å². The summed E-state index contributed by atoms with van der Waals surface area (Å²) in [4.78, 5) is 10.9. The van der Waals surface area contributed by atoms with Crippen molar-refractivity contribution in [3.63, 3.8) is 0 Å². The van der Waals surface area contributed by atoms with Crippen LogP contribution in [0.15, 0.2) is 0 Å². The summed E-state index contributed by atoms with van der Waals surface area (Å²) in [5.41, 5.74) is 5.18. The molecule has 5 heteroatoms. The normalized spacial score (nSPS) is 15.1. The van der Waals surface area contributed by atoms with Crippen molar-refractivity contribution in [1.29, 1.82) is 0 Å². The highest BCUT2D eigenvalue weighted by molar-refractivity contribution is 5.79. The Kier molecular flexibility index (Phi) is 7.37. The van der Waals surface area contributed by atoms with Gasteiger partial charge in [0, 0.05) is 20.8 Å². The molecular weight excluding hydrogens is 184 g/mol. The smallest absolute Gasteiger partial charge is 0.234 e. The van der Waals surface area contributed by atoms with Crippen molar-refractivity contribution in [2.24, 2.45) is 5.73 Å². The minimum absolute atomic E-state index is 0.0478.